The molecule has 3 heteroatoms. The summed E-state index contributed by atoms with van der Waals surface area (Å²) in [5.41, 5.74) is 12.9. The Kier molecular flexibility index (Phi) is 9.21. The molecule has 54 heavy (non-hydrogen) atoms. The third-order valence-corrected chi connectivity index (χ3v) is 28.8. The zero-order chi connectivity index (χ0) is 38.1. The Morgan fingerprint density at radius 3 is 1.65 bits per heavy atom. The number of benzene rings is 6. The van der Waals surface area contributed by atoms with Crippen LogP contribution in [-0.4, -0.2) is 4.21 Å². The number of hydrogen-bond acceptors (Lipinski definition) is 0. The summed E-state index contributed by atoms with van der Waals surface area (Å²) < 4.78 is 11.1. The summed E-state index contributed by atoms with van der Waals surface area (Å²) in [6.45, 7) is 14.1. The number of halogens is 2. The molecule has 0 spiro atoms. The van der Waals surface area contributed by atoms with Crippen molar-refractivity contribution in [2.75, 3.05) is 0 Å². The Balaban J connectivity index is 1.63. The fraction of sp³-hybridized carbons (Fsp3) is 0.196. The van der Waals surface area contributed by atoms with Crippen molar-refractivity contribution in [3.05, 3.63) is 181 Å². The van der Waals surface area contributed by atoms with E-state index in [0.717, 1.165) is 22.9 Å². The van der Waals surface area contributed by atoms with Crippen molar-refractivity contribution in [2.45, 2.75) is 65.2 Å². The van der Waals surface area contributed by atoms with Crippen LogP contribution in [0.15, 0.2) is 149 Å². The molecule has 0 atom stereocenters. The molecule has 0 saturated heterocycles. The Morgan fingerprint density at radius 2 is 1.13 bits per heavy atom. The van der Waals surface area contributed by atoms with Crippen LogP contribution >= 0.6 is 23.2 Å². The van der Waals surface area contributed by atoms with Gasteiger partial charge in [0.25, 0.3) is 0 Å². The zero-order valence-corrected chi connectivity index (χ0v) is 36.2. The van der Waals surface area contributed by atoms with Crippen molar-refractivity contribution in [1.29, 1.82) is 0 Å². The molecule has 0 N–H and O–H groups in total. The standard InChI is InChI=1S/C33H33.2C6H4Cl.C5H5.CH2.Zr/c1-32(2,3)30-20-26-24(18-28(30)22-13-9-7-10-14-22)17-25-19-29(23-15-11-8-12-16-23)31(21-27(25)26)33(4,5)6;2*7-6-4-2-1-3-5-6;1-2-4-5-3-1;;/h7-16,18,20-21H,17H2,1-6H3;2*1-2,4-5H;1-3H,4H2;1H2;. The fourth-order valence-corrected chi connectivity index (χ4v) is 26.5. The number of fused-ring (bicyclic) bond motifs is 3. The summed E-state index contributed by atoms with van der Waals surface area (Å²) in [6.07, 6.45) is 8.55. The van der Waals surface area contributed by atoms with E-state index in [0.29, 0.717) is 0 Å². The zero-order valence-electron chi connectivity index (χ0n) is 32.2. The molecule has 270 valence electrons. The van der Waals surface area contributed by atoms with E-state index < -0.39 is 18.3 Å². The second kappa shape index (κ2) is 13.4. The summed E-state index contributed by atoms with van der Waals surface area (Å²) in [5.74, 6) is 0. The van der Waals surface area contributed by atoms with E-state index >= 15 is 0 Å². The van der Waals surface area contributed by atoms with E-state index in [1.807, 2.05) is 12.1 Å². The molecule has 8 rings (SSSR count). The molecule has 2 aliphatic rings. The van der Waals surface area contributed by atoms with Crippen molar-refractivity contribution >= 4 is 37.2 Å². The van der Waals surface area contributed by atoms with Crippen molar-refractivity contribution < 1.29 is 18.3 Å². The van der Waals surface area contributed by atoms with Crippen LogP contribution in [0.4, 0.5) is 0 Å². The van der Waals surface area contributed by atoms with Crippen LogP contribution < -0.4 is 9.81 Å². The van der Waals surface area contributed by atoms with Gasteiger partial charge >= 0.3 is 335 Å². The normalized spacial score (nSPS) is 14.2. The Morgan fingerprint density at radius 1 is 0.574 bits per heavy atom. The van der Waals surface area contributed by atoms with Crippen molar-refractivity contribution in [2.24, 2.45) is 0 Å². The average Bonchev–Trinajstić information content (AvgIpc) is 3.83. The van der Waals surface area contributed by atoms with Crippen LogP contribution in [0.5, 0.6) is 0 Å². The van der Waals surface area contributed by atoms with Crippen LogP contribution in [-0.2, 0) is 35.5 Å². The summed E-state index contributed by atoms with van der Waals surface area (Å²) in [4.78, 5) is 0. The second-order valence-electron chi connectivity index (χ2n) is 17.5. The van der Waals surface area contributed by atoms with Crippen LogP contribution in [0.1, 0.15) is 70.2 Å². The van der Waals surface area contributed by atoms with Crippen molar-refractivity contribution in [3.8, 4) is 33.4 Å². The van der Waals surface area contributed by atoms with Gasteiger partial charge in [-0.25, -0.2) is 0 Å². The van der Waals surface area contributed by atoms with Gasteiger partial charge in [0.1, 0.15) is 0 Å². The predicted octanol–water partition coefficient (Wildman–Crippen LogP) is 12.7. The third kappa shape index (κ3) is 5.86. The molecule has 0 unspecified atom stereocenters. The molecule has 6 aromatic rings. The van der Waals surface area contributed by atoms with Gasteiger partial charge in [-0.1, -0.05) is 0 Å². The third-order valence-electron chi connectivity index (χ3n) is 12.1. The first-order chi connectivity index (χ1) is 25.7. The molecule has 0 radical (unpaired) electrons. The molecule has 0 saturated carbocycles. The molecule has 2 aliphatic carbocycles. The van der Waals surface area contributed by atoms with Crippen LogP contribution in [0.25, 0.3) is 33.4 Å². The minimum absolute atomic E-state index is 0.0684. The van der Waals surface area contributed by atoms with Gasteiger partial charge in [-0.05, 0) is 0 Å². The number of rotatable bonds is 6. The maximum atomic E-state index is 7.06. The monoisotopic (exact) mass is 820 g/mol. The molecule has 0 nitrogen and oxygen atoms in total. The molecule has 0 amide bonds. The van der Waals surface area contributed by atoms with E-state index in [-0.39, 0.29) is 10.8 Å². The maximum absolute atomic E-state index is 7.06. The molecule has 6 aromatic carbocycles. The molecular weight excluding hydrogens is 775 g/mol. The van der Waals surface area contributed by atoms with Crippen molar-refractivity contribution in [1.82, 2.24) is 0 Å². The molecule has 0 fully saturated rings. The first-order valence-electron chi connectivity index (χ1n) is 19.1. The van der Waals surface area contributed by atoms with Gasteiger partial charge in [0, 0.05) is 0 Å². The van der Waals surface area contributed by atoms with E-state index in [9.17, 15) is 0 Å². The molecule has 0 heterocycles. The van der Waals surface area contributed by atoms with Gasteiger partial charge in [-0.3, -0.25) is 0 Å². The van der Waals surface area contributed by atoms with Crippen LogP contribution in [0.3, 0.4) is 0 Å². The Labute approximate surface area is 332 Å². The second-order valence-corrected chi connectivity index (χ2v) is 31.1. The van der Waals surface area contributed by atoms with E-state index in [1.54, 1.807) is 0 Å². The van der Waals surface area contributed by atoms with Crippen molar-refractivity contribution in [3.63, 3.8) is 0 Å². The molecule has 0 aliphatic heterocycles. The summed E-state index contributed by atoms with van der Waals surface area (Å²) in [7, 11) is 0. The first kappa shape index (κ1) is 37.1. The van der Waals surface area contributed by atoms with Gasteiger partial charge in [-0.2, -0.15) is 0 Å². The number of hydrogen-bond donors (Lipinski definition) is 0. The quantitative estimate of drug-likeness (QED) is 0.157. The van der Waals surface area contributed by atoms with E-state index in [1.165, 1.54) is 68.7 Å². The summed E-state index contributed by atoms with van der Waals surface area (Å²) in [6, 6.07) is 46.8. The Hall–Kier alpha value is -3.87. The van der Waals surface area contributed by atoms with E-state index in [4.69, 9.17) is 27.4 Å². The van der Waals surface area contributed by atoms with Gasteiger partial charge < -0.3 is 0 Å². The molecule has 0 aromatic heterocycles. The predicted molar refractivity (Wildman–Crippen MR) is 234 cm³/mol. The van der Waals surface area contributed by atoms with Gasteiger partial charge in [0.2, 0.25) is 0 Å². The average molecular weight is 823 g/mol. The summed E-state index contributed by atoms with van der Waals surface area (Å²) in [5, 5.41) is 1.45. The van der Waals surface area contributed by atoms with Crippen LogP contribution in [0, 0.1) is 0 Å². The first-order valence-corrected chi connectivity index (χ1v) is 26.5. The van der Waals surface area contributed by atoms with Gasteiger partial charge in [-0.15, -0.1) is 0 Å². The van der Waals surface area contributed by atoms with E-state index in [2.05, 4.69) is 175 Å². The minimum atomic E-state index is -5.33. The summed E-state index contributed by atoms with van der Waals surface area (Å²) >= 11 is 8.79. The van der Waals surface area contributed by atoms with Crippen LogP contribution in [0.2, 0.25) is 10.0 Å². The SMILES string of the molecule is [CH2]=[Zr]([C]1=CC=CC1)([c]1cccc(Cl)c1)([c]1cccc(Cl)c1)[c]1c2c(cc(C(C)(C)C)c1-c1ccccc1)-c1cc(C(C)(C)C)c(-c3ccccc3)cc1C2. The molecule has 0 bridgehead atoms. The molecular formula is C51H48Cl2Zr. The number of allylic oxidation sites excluding steroid dienone is 4. The topological polar surface area (TPSA) is 0 Å². The van der Waals surface area contributed by atoms with Gasteiger partial charge in [0.05, 0.1) is 0 Å². The van der Waals surface area contributed by atoms with Gasteiger partial charge in [0.15, 0.2) is 0 Å². The fourth-order valence-electron chi connectivity index (χ4n) is 9.47. The Bertz CT molecular complexity index is 2520.